The molecule has 3 rings (SSSR count). The molecule has 0 saturated heterocycles. The monoisotopic (exact) mass is 418 g/mol. The summed E-state index contributed by atoms with van der Waals surface area (Å²) in [5.74, 6) is 0.932. The molecular weight excluding hydrogens is 392 g/mol. The van der Waals surface area contributed by atoms with Gasteiger partial charge in [-0.05, 0) is 54.0 Å². The Morgan fingerprint density at radius 2 is 1.74 bits per heavy atom. The zero-order valence-electron chi connectivity index (χ0n) is 17.6. The van der Waals surface area contributed by atoms with Crippen molar-refractivity contribution >= 4 is 17.9 Å². The summed E-state index contributed by atoms with van der Waals surface area (Å²) in [6.45, 7) is 4.96. The highest BCUT2D eigenvalue weighted by Gasteiger charge is 2.15. The van der Waals surface area contributed by atoms with E-state index in [0.717, 1.165) is 5.56 Å². The fourth-order valence-electron chi connectivity index (χ4n) is 2.71. The Hall–Kier alpha value is -3.80. The molecule has 0 fully saturated rings. The van der Waals surface area contributed by atoms with Crippen molar-refractivity contribution in [3.8, 4) is 5.75 Å². The molecule has 1 heterocycles. The van der Waals surface area contributed by atoms with Crippen LogP contribution >= 0.6 is 0 Å². The van der Waals surface area contributed by atoms with Gasteiger partial charge in [-0.3, -0.25) is 9.59 Å². The molecule has 0 unspecified atom stereocenters. The summed E-state index contributed by atoms with van der Waals surface area (Å²) in [6.07, 6.45) is 3.17. The van der Waals surface area contributed by atoms with E-state index >= 15 is 0 Å². The third kappa shape index (κ3) is 6.89. The number of benzene rings is 2. The van der Waals surface area contributed by atoms with Gasteiger partial charge in [-0.15, -0.1) is 0 Å². The predicted molar refractivity (Wildman–Crippen MR) is 119 cm³/mol. The molecule has 0 spiro atoms. The largest absolute Gasteiger partial charge is 0.493 e. The van der Waals surface area contributed by atoms with E-state index in [0.29, 0.717) is 29.6 Å². The van der Waals surface area contributed by atoms with E-state index in [9.17, 15) is 9.59 Å². The van der Waals surface area contributed by atoms with Crippen LogP contribution in [0.2, 0.25) is 0 Å². The molecule has 6 heteroatoms. The minimum absolute atomic E-state index is 0.142. The molecule has 31 heavy (non-hydrogen) atoms. The quantitative estimate of drug-likeness (QED) is 0.505. The lowest BCUT2D eigenvalue weighted by molar-refractivity contribution is -0.118. The molecule has 2 N–H and O–H groups in total. The van der Waals surface area contributed by atoms with Crippen LogP contribution in [0.4, 0.5) is 0 Å². The topological polar surface area (TPSA) is 80.6 Å². The van der Waals surface area contributed by atoms with Crippen LogP contribution in [0.1, 0.15) is 35.5 Å². The summed E-state index contributed by atoms with van der Waals surface area (Å²) in [7, 11) is 0. The molecule has 0 atom stereocenters. The van der Waals surface area contributed by atoms with Crippen LogP contribution in [0.25, 0.3) is 6.08 Å². The average Bonchev–Trinajstić information content (AvgIpc) is 3.30. The standard InChI is InChI=1S/C25H26N2O4/c1-18(2)17-31-21-12-10-20(11-13-21)24(28)27-23(15-19-7-4-3-5-8-19)25(29)26-16-22-9-6-14-30-22/h3-15,18H,16-17H2,1-2H3,(H,26,29)(H,27,28)/b23-15+. The van der Waals surface area contributed by atoms with E-state index < -0.39 is 5.91 Å². The summed E-state index contributed by atoms with van der Waals surface area (Å²) in [4.78, 5) is 25.5. The first-order valence-electron chi connectivity index (χ1n) is 10.1. The number of ether oxygens (including phenoxy) is 1. The van der Waals surface area contributed by atoms with Gasteiger partial charge in [-0.1, -0.05) is 44.2 Å². The second-order valence-electron chi connectivity index (χ2n) is 7.41. The van der Waals surface area contributed by atoms with Crippen molar-refractivity contribution in [2.75, 3.05) is 6.61 Å². The first kappa shape index (κ1) is 21.9. The molecule has 160 valence electrons. The van der Waals surface area contributed by atoms with Crippen molar-refractivity contribution in [3.63, 3.8) is 0 Å². The van der Waals surface area contributed by atoms with E-state index in [1.54, 1.807) is 48.7 Å². The zero-order valence-corrected chi connectivity index (χ0v) is 17.6. The third-order valence-electron chi connectivity index (χ3n) is 4.31. The van der Waals surface area contributed by atoms with Crippen LogP contribution in [-0.4, -0.2) is 18.4 Å². The molecule has 2 amide bonds. The molecule has 0 saturated carbocycles. The number of amides is 2. The highest BCUT2D eigenvalue weighted by molar-refractivity contribution is 6.05. The minimum atomic E-state index is -0.412. The van der Waals surface area contributed by atoms with Crippen molar-refractivity contribution in [2.45, 2.75) is 20.4 Å². The number of nitrogens with one attached hydrogen (secondary N) is 2. The molecule has 0 radical (unpaired) electrons. The van der Waals surface area contributed by atoms with Gasteiger partial charge < -0.3 is 19.8 Å². The van der Waals surface area contributed by atoms with Crippen molar-refractivity contribution < 1.29 is 18.7 Å². The van der Waals surface area contributed by atoms with Crippen molar-refractivity contribution in [1.29, 1.82) is 0 Å². The van der Waals surface area contributed by atoms with Crippen LogP contribution in [0.5, 0.6) is 5.75 Å². The number of rotatable bonds is 9. The Morgan fingerprint density at radius 3 is 2.39 bits per heavy atom. The lowest BCUT2D eigenvalue weighted by Gasteiger charge is -2.12. The van der Waals surface area contributed by atoms with E-state index in [1.807, 2.05) is 30.3 Å². The number of carbonyl (C=O) groups is 2. The SMILES string of the molecule is CC(C)COc1ccc(C(=O)N/C(=C/c2ccccc2)C(=O)NCc2ccco2)cc1. The Kier molecular flexibility index (Phi) is 7.65. The summed E-state index contributed by atoms with van der Waals surface area (Å²) < 4.78 is 10.9. The molecule has 0 bridgehead atoms. The van der Waals surface area contributed by atoms with Gasteiger partial charge in [-0.2, -0.15) is 0 Å². The van der Waals surface area contributed by atoms with Crippen molar-refractivity contribution in [3.05, 3.63) is 95.6 Å². The molecule has 6 nitrogen and oxygen atoms in total. The third-order valence-corrected chi connectivity index (χ3v) is 4.31. The lowest BCUT2D eigenvalue weighted by atomic mass is 10.1. The summed E-state index contributed by atoms with van der Waals surface area (Å²) >= 11 is 0. The molecule has 3 aromatic rings. The molecule has 1 aromatic heterocycles. The first-order chi connectivity index (χ1) is 15.0. The highest BCUT2D eigenvalue weighted by Crippen LogP contribution is 2.14. The van der Waals surface area contributed by atoms with E-state index in [4.69, 9.17) is 9.15 Å². The minimum Gasteiger partial charge on any atom is -0.493 e. The van der Waals surface area contributed by atoms with Crippen LogP contribution < -0.4 is 15.4 Å². The Balaban J connectivity index is 1.72. The lowest BCUT2D eigenvalue weighted by Crippen LogP contribution is -2.34. The van der Waals surface area contributed by atoms with Crippen molar-refractivity contribution in [1.82, 2.24) is 10.6 Å². The van der Waals surface area contributed by atoms with E-state index in [2.05, 4.69) is 24.5 Å². The zero-order chi connectivity index (χ0) is 22.1. The number of furan rings is 1. The maximum atomic E-state index is 12.8. The number of carbonyl (C=O) groups excluding carboxylic acids is 2. The van der Waals surface area contributed by atoms with Crippen LogP contribution in [0.3, 0.4) is 0 Å². The molecule has 0 aliphatic rings. The van der Waals surface area contributed by atoms with Crippen LogP contribution in [-0.2, 0) is 11.3 Å². The van der Waals surface area contributed by atoms with Gasteiger partial charge in [0, 0.05) is 5.56 Å². The van der Waals surface area contributed by atoms with Gasteiger partial charge in [0.1, 0.15) is 17.2 Å². The maximum absolute atomic E-state index is 12.8. The molecule has 2 aromatic carbocycles. The van der Waals surface area contributed by atoms with Gasteiger partial charge in [0.25, 0.3) is 11.8 Å². The maximum Gasteiger partial charge on any atom is 0.268 e. The summed E-state index contributed by atoms with van der Waals surface area (Å²) in [5.41, 5.74) is 1.36. The molecule has 0 aliphatic carbocycles. The van der Waals surface area contributed by atoms with Gasteiger partial charge in [0.2, 0.25) is 0 Å². The number of hydrogen-bond acceptors (Lipinski definition) is 4. The molecular formula is C25H26N2O4. The van der Waals surface area contributed by atoms with Gasteiger partial charge in [0.15, 0.2) is 0 Å². The van der Waals surface area contributed by atoms with E-state index in [-0.39, 0.29) is 18.1 Å². The van der Waals surface area contributed by atoms with Crippen LogP contribution in [0, 0.1) is 5.92 Å². The summed E-state index contributed by atoms with van der Waals surface area (Å²) in [5, 5.41) is 5.48. The number of hydrogen-bond donors (Lipinski definition) is 2. The van der Waals surface area contributed by atoms with Crippen molar-refractivity contribution in [2.24, 2.45) is 5.92 Å². The van der Waals surface area contributed by atoms with Gasteiger partial charge >= 0.3 is 0 Å². The Bertz CT molecular complexity index is 1010. The normalized spacial score (nSPS) is 11.3. The summed E-state index contributed by atoms with van der Waals surface area (Å²) in [6, 6.07) is 19.7. The molecule has 0 aliphatic heterocycles. The highest BCUT2D eigenvalue weighted by atomic mass is 16.5. The fourth-order valence-corrected chi connectivity index (χ4v) is 2.71. The Morgan fingerprint density at radius 1 is 1.00 bits per heavy atom. The van der Waals surface area contributed by atoms with Gasteiger partial charge in [0.05, 0.1) is 19.4 Å². The average molecular weight is 418 g/mol. The first-order valence-corrected chi connectivity index (χ1v) is 10.1. The van der Waals surface area contributed by atoms with Crippen LogP contribution in [0.15, 0.2) is 83.1 Å². The smallest absolute Gasteiger partial charge is 0.268 e. The fraction of sp³-hybridized carbons (Fsp3) is 0.200. The van der Waals surface area contributed by atoms with E-state index in [1.165, 1.54) is 0 Å². The second kappa shape index (κ2) is 10.8. The van der Waals surface area contributed by atoms with Gasteiger partial charge in [-0.25, -0.2) is 0 Å². The Labute approximate surface area is 181 Å². The second-order valence-corrected chi connectivity index (χ2v) is 7.41. The predicted octanol–water partition coefficient (Wildman–Crippen LogP) is 4.40.